The second-order valence-electron chi connectivity index (χ2n) is 8.10. The molecule has 0 bridgehead atoms. The van der Waals surface area contributed by atoms with Gasteiger partial charge < -0.3 is 14.2 Å². The first-order valence-corrected chi connectivity index (χ1v) is 10.7. The molecule has 8 heteroatoms. The first-order chi connectivity index (χ1) is 16.0. The SMILES string of the molecule is FC(F)(F)c1ccccc1[C@H]1Oc2ccccc2[C@H]2CC(c3ccc4c(c3)OCCO4)=NN21. The van der Waals surface area contributed by atoms with Crippen molar-refractivity contribution in [2.75, 3.05) is 13.2 Å². The summed E-state index contributed by atoms with van der Waals surface area (Å²) in [5.41, 5.74) is 1.81. The van der Waals surface area contributed by atoms with E-state index in [2.05, 4.69) is 0 Å². The molecule has 0 radical (unpaired) electrons. The maximum atomic E-state index is 13.8. The minimum Gasteiger partial charge on any atom is -0.486 e. The first kappa shape index (κ1) is 20.0. The van der Waals surface area contributed by atoms with Crippen molar-refractivity contribution in [3.05, 3.63) is 89.0 Å². The zero-order valence-electron chi connectivity index (χ0n) is 17.4. The van der Waals surface area contributed by atoms with Crippen LogP contribution in [-0.2, 0) is 6.18 Å². The van der Waals surface area contributed by atoms with E-state index in [9.17, 15) is 13.2 Å². The van der Waals surface area contributed by atoms with Crippen LogP contribution in [0.15, 0.2) is 71.8 Å². The van der Waals surface area contributed by atoms with Crippen LogP contribution >= 0.6 is 0 Å². The fourth-order valence-electron chi connectivity index (χ4n) is 4.61. The Balaban J connectivity index is 1.45. The van der Waals surface area contributed by atoms with Gasteiger partial charge in [0.05, 0.1) is 17.3 Å². The second-order valence-corrected chi connectivity index (χ2v) is 8.10. The average molecular weight is 452 g/mol. The van der Waals surface area contributed by atoms with Crippen molar-refractivity contribution < 1.29 is 27.4 Å². The zero-order chi connectivity index (χ0) is 22.6. The van der Waals surface area contributed by atoms with Crippen LogP contribution in [0, 0.1) is 0 Å². The van der Waals surface area contributed by atoms with Gasteiger partial charge in [0, 0.05) is 23.1 Å². The van der Waals surface area contributed by atoms with Gasteiger partial charge >= 0.3 is 6.18 Å². The number of rotatable bonds is 2. The third kappa shape index (κ3) is 3.37. The smallest absolute Gasteiger partial charge is 0.416 e. The molecule has 3 aliphatic heterocycles. The molecule has 168 valence electrons. The van der Waals surface area contributed by atoms with Crippen LogP contribution in [0.25, 0.3) is 0 Å². The Morgan fingerprint density at radius 2 is 1.55 bits per heavy atom. The number of para-hydroxylation sites is 1. The monoisotopic (exact) mass is 452 g/mol. The molecule has 0 saturated heterocycles. The van der Waals surface area contributed by atoms with E-state index in [-0.39, 0.29) is 11.6 Å². The number of alkyl halides is 3. The molecular formula is C25H19F3N2O3. The number of ether oxygens (including phenoxy) is 3. The Labute approximate surface area is 188 Å². The molecule has 3 aromatic carbocycles. The fraction of sp³-hybridized carbons (Fsp3) is 0.240. The van der Waals surface area contributed by atoms with Gasteiger partial charge in [0.25, 0.3) is 0 Å². The quantitative estimate of drug-likeness (QED) is 0.499. The number of halogens is 3. The molecule has 0 spiro atoms. The van der Waals surface area contributed by atoms with E-state index in [0.717, 1.165) is 22.9 Å². The number of fused-ring (bicyclic) bond motifs is 4. The zero-order valence-corrected chi connectivity index (χ0v) is 17.4. The molecule has 0 aromatic heterocycles. The van der Waals surface area contributed by atoms with Gasteiger partial charge in [0.1, 0.15) is 19.0 Å². The standard InChI is InChI=1S/C25H19F3N2O3/c26-25(27,28)18-7-3-1-5-16(18)24-30-20(17-6-2-4-8-21(17)33-24)14-19(29-30)15-9-10-22-23(13-15)32-12-11-31-22/h1-10,13,20,24H,11-12,14H2/t20-,24-/m1/s1. The van der Waals surface area contributed by atoms with E-state index >= 15 is 0 Å². The van der Waals surface area contributed by atoms with Crippen LogP contribution in [0.4, 0.5) is 13.2 Å². The van der Waals surface area contributed by atoms with Gasteiger partial charge in [-0.25, -0.2) is 5.01 Å². The Kier molecular flexibility index (Phi) is 4.50. The number of hydrazone groups is 1. The third-order valence-electron chi connectivity index (χ3n) is 6.11. The van der Waals surface area contributed by atoms with Crippen molar-refractivity contribution >= 4 is 5.71 Å². The summed E-state index contributed by atoms with van der Waals surface area (Å²) in [7, 11) is 0. The van der Waals surface area contributed by atoms with Gasteiger partial charge in [0.2, 0.25) is 6.23 Å². The summed E-state index contributed by atoms with van der Waals surface area (Å²) in [5.74, 6) is 1.88. The normalized spacial score (nSPS) is 21.1. The van der Waals surface area contributed by atoms with Crippen LogP contribution in [0.3, 0.4) is 0 Å². The molecule has 5 nitrogen and oxygen atoms in total. The van der Waals surface area contributed by atoms with Crippen LogP contribution in [0.1, 0.15) is 40.9 Å². The van der Waals surface area contributed by atoms with Gasteiger partial charge in [0.15, 0.2) is 11.5 Å². The third-order valence-corrected chi connectivity index (χ3v) is 6.11. The Morgan fingerprint density at radius 1 is 0.818 bits per heavy atom. The van der Waals surface area contributed by atoms with Gasteiger partial charge in [-0.2, -0.15) is 18.3 Å². The highest BCUT2D eigenvalue weighted by atomic mass is 19.4. The lowest BCUT2D eigenvalue weighted by Crippen LogP contribution is -2.35. The molecule has 0 N–H and O–H groups in total. The van der Waals surface area contributed by atoms with Gasteiger partial charge in [-0.05, 0) is 30.3 Å². The lowest BCUT2D eigenvalue weighted by molar-refractivity contribution is -0.140. The lowest BCUT2D eigenvalue weighted by Gasteiger charge is -2.38. The highest BCUT2D eigenvalue weighted by Gasteiger charge is 2.44. The topological polar surface area (TPSA) is 43.3 Å². The maximum absolute atomic E-state index is 13.8. The van der Waals surface area contributed by atoms with E-state index in [0.29, 0.717) is 36.9 Å². The number of hydrogen-bond donors (Lipinski definition) is 0. The molecule has 0 aliphatic carbocycles. The van der Waals surface area contributed by atoms with E-state index < -0.39 is 18.0 Å². The second kappa shape index (κ2) is 7.43. The molecule has 3 aliphatic rings. The van der Waals surface area contributed by atoms with Crippen molar-refractivity contribution in [2.45, 2.75) is 24.9 Å². The summed E-state index contributed by atoms with van der Waals surface area (Å²) in [6, 6.07) is 18.3. The molecule has 33 heavy (non-hydrogen) atoms. The Bertz CT molecular complexity index is 1260. The molecule has 3 aromatic rings. The van der Waals surface area contributed by atoms with E-state index in [4.69, 9.17) is 19.3 Å². The van der Waals surface area contributed by atoms with Crippen molar-refractivity contribution in [2.24, 2.45) is 5.10 Å². The molecule has 2 atom stereocenters. The minimum absolute atomic E-state index is 0.0386. The highest BCUT2D eigenvalue weighted by Crippen LogP contribution is 2.49. The van der Waals surface area contributed by atoms with E-state index in [1.807, 2.05) is 36.4 Å². The molecule has 0 saturated carbocycles. The maximum Gasteiger partial charge on any atom is 0.416 e. The van der Waals surface area contributed by atoms with Crippen molar-refractivity contribution in [3.8, 4) is 17.2 Å². The number of hydrogen-bond acceptors (Lipinski definition) is 5. The van der Waals surface area contributed by atoms with Gasteiger partial charge in [-0.1, -0.05) is 36.4 Å². The highest BCUT2D eigenvalue weighted by molar-refractivity contribution is 6.02. The molecule has 0 amide bonds. The lowest BCUT2D eigenvalue weighted by atomic mass is 9.95. The molecule has 3 heterocycles. The molecular weight excluding hydrogens is 433 g/mol. The predicted molar refractivity (Wildman–Crippen MR) is 114 cm³/mol. The van der Waals surface area contributed by atoms with Crippen molar-refractivity contribution in [3.63, 3.8) is 0 Å². The molecule has 6 rings (SSSR count). The fourth-order valence-corrected chi connectivity index (χ4v) is 4.61. The number of benzene rings is 3. The summed E-state index contributed by atoms with van der Waals surface area (Å²) in [6.07, 6.45) is -4.98. The first-order valence-electron chi connectivity index (χ1n) is 10.7. The summed E-state index contributed by atoms with van der Waals surface area (Å²) in [4.78, 5) is 0. The van der Waals surface area contributed by atoms with E-state index in [1.54, 1.807) is 17.1 Å². The Morgan fingerprint density at radius 3 is 2.36 bits per heavy atom. The summed E-state index contributed by atoms with van der Waals surface area (Å²) in [5, 5.41) is 6.42. The Hall–Kier alpha value is -3.68. The number of nitrogens with zero attached hydrogens (tertiary/aromatic N) is 2. The summed E-state index contributed by atoms with van der Waals surface area (Å²) >= 11 is 0. The van der Waals surface area contributed by atoms with Crippen LogP contribution in [-0.4, -0.2) is 23.9 Å². The van der Waals surface area contributed by atoms with Crippen LogP contribution < -0.4 is 14.2 Å². The average Bonchev–Trinajstić information content (AvgIpc) is 3.28. The van der Waals surface area contributed by atoms with Gasteiger partial charge in [-0.15, -0.1) is 0 Å². The van der Waals surface area contributed by atoms with Crippen LogP contribution in [0.2, 0.25) is 0 Å². The van der Waals surface area contributed by atoms with Crippen molar-refractivity contribution in [1.29, 1.82) is 0 Å². The summed E-state index contributed by atoms with van der Waals surface area (Å²) < 4.78 is 58.8. The molecule has 0 fully saturated rings. The predicted octanol–water partition coefficient (Wildman–Crippen LogP) is 5.72. The van der Waals surface area contributed by atoms with Crippen LogP contribution in [0.5, 0.6) is 17.2 Å². The minimum atomic E-state index is -4.51. The largest absolute Gasteiger partial charge is 0.486 e. The van der Waals surface area contributed by atoms with Gasteiger partial charge in [-0.3, -0.25) is 0 Å². The molecule has 0 unspecified atom stereocenters. The van der Waals surface area contributed by atoms with E-state index in [1.165, 1.54) is 12.1 Å². The van der Waals surface area contributed by atoms with Crippen molar-refractivity contribution in [1.82, 2.24) is 5.01 Å². The summed E-state index contributed by atoms with van der Waals surface area (Å²) in [6.45, 7) is 0.965.